The molecule has 1 aromatic rings. The second-order valence-corrected chi connectivity index (χ2v) is 2.73. The molecule has 0 unspecified atom stereocenters. The topological polar surface area (TPSA) is 12.9 Å². The van der Waals surface area contributed by atoms with Crippen molar-refractivity contribution in [1.29, 1.82) is 0 Å². The van der Waals surface area contributed by atoms with E-state index in [4.69, 9.17) is 7.49 Å². The minimum atomic E-state index is 0.984. The monoisotopic (exact) mass is 228 g/mol. The third-order valence-electron chi connectivity index (χ3n) is 0.976. The fourth-order valence-corrected chi connectivity index (χ4v) is 0.992. The fraction of sp³-hybridized carbons (Fsp3) is 0. The molecule has 0 spiro atoms. The zero-order valence-electron chi connectivity index (χ0n) is 4.71. The predicted octanol–water partition coefficient (Wildman–Crippen LogP) is 1.00. The van der Waals surface area contributed by atoms with Crippen molar-refractivity contribution in [3.05, 3.63) is 27.6 Å². The van der Waals surface area contributed by atoms with Gasteiger partial charge in [0.2, 0.25) is 0 Å². The van der Waals surface area contributed by atoms with Crippen LogP contribution in [0.3, 0.4) is 0 Å². The molecule has 43 valence electrons. The van der Waals surface area contributed by atoms with Crippen LogP contribution >= 0.6 is 22.6 Å². The first-order chi connectivity index (χ1) is 4.34. The first kappa shape index (κ1) is 6.93. The van der Waals surface area contributed by atoms with Gasteiger partial charge in [-0.25, -0.2) is 0 Å². The third-order valence-corrected chi connectivity index (χ3v) is 1.96. The first-order valence-electron chi connectivity index (χ1n) is 2.49. The molecule has 0 bridgehead atoms. The van der Waals surface area contributed by atoms with E-state index in [1.807, 2.05) is 6.07 Å². The number of nitrogens with zero attached hydrogens (tertiary/aromatic N) is 1. The van der Waals surface area contributed by atoms with Crippen LogP contribution in [0.2, 0.25) is 0 Å². The van der Waals surface area contributed by atoms with Gasteiger partial charge < -0.3 is 0 Å². The Morgan fingerprint density at radius 3 is 2.89 bits per heavy atom. The van der Waals surface area contributed by atoms with Crippen LogP contribution in [0.1, 0.15) is 5.56 Å². The molecule has 0 saturated heterocycles. The molecule has 1 aromatic heterocycles. The van der Waals surface area contributed by atoms with Crippen LogP contribution in [0.5, 0.6) is 0 Å². The van der Waals surface area contributed by atoms with Gasteiger partial charge in [-0.15, -0.1) is 0 Å². The van der Waals surface area contributed by atoms with Gasteiger partial charge in [-0.1, -0.05) is 0 Å². The van der Waals surface area contributed by atoms with E-state index >= 15 is 0 Å². The average Bonchev–Trinajstić information content (AvgIpc) is 1.89. The van der Waals surface area contributed by atoms with E-state index < -0.39 is 0 Å². The Labute approximate surface area is 68.7 Å². The SMILES string of the molecule is [B]=Cc1cnccc1I. The van der Waals surface area contributed by atoms with Crippen LogP contribution in [0, 0.1) is 3.57 Å². The van der Waals surface area contributed by atoms with E-state index in [1.165, 1.54) is 0 Å². The number of aromatic nitrogens is 1. The molecule has 1 radical (unpaired) electrons. The molecular formula is C6H4BIN. The Morgan fingerprint density at radius 2 is 2.44 bits per heavy atom. The molecule has 0 fully saturated rings. The summed E-state index contributed by atoms with van der Waals surface area (Å²) in [5.74, 6) is 1.55. The summed E-state index contributed by atoms with van der Waals surface area (Å²) in [5.41, 5.74) is 0.984. The summed E-state index contributed by atoms with van der Waals surface area (Å²) in [7, 11) is 5.28. The minimum absolute atomic E-state index is 0.984. The summed E-state index contributed by atoms with van der Waals surface area (Å²) in [6.07, 6.45) is 3.48. The number of pyridine rings is 1. The van der Waals surface area contributed by atoms with Crippen molar-refractivity contribution < 1.29 is 0 Å². The Hall–Kier alpha value is -0.185. The van der Waals surface area contributed by atoms with Crippen LogP contribution in [-0.2, 0) is 0 Å². The molecular weight excluding hydrogens is 224 g/mol. The molecule has 0 atom stereocenters. The predicted molar refractivity (Wildman–Crippen MR) is 47.9 cm³/mol. The van der Waals surface area contributed by atoms with Crippen LogP contribution in [0.25, 0.3) is 0 Å². The number of rotatable bonds is 1. The second-order valence-electron chi connectivity index (χ2n) is 1.56. The van der Waals surface area contributed by atoms with Gasteiger partial charge in [0.15, 0.2) is 0 Å². The number of halogens is 1. The first-order valence-corrected chi connectivity index (χ1v) is 3.57. The zero-order chi connectivity index (χ0) is 6.69. The molecule has 0 N–H and O–H groups in total. The molecule has 0 aliphatic heterocycles. The maximum atomic E-state index is 5.28. The van der Waals surface area contributed by atoms with Crippen molar-refractivity contribution >= 4 is 36.0 Å². The van der Waals surface area contributed by atoms with E-state index in [1.54, 1.807) is 18.4 Å². The molecule has 0 amide bonds. The summed E-state index contributed by atoms with van der Waals surface area (Å²) in [6.45, 7) is 0. The average molecular weight is 228 g/mol. The summed E-state index contributed by atoms with van der Waals surface area (Å²) in [5, 5.41) is 0. The van der Waals surface area contributed by atoms with Crippen LogP contribution < -0.4 is 0 Å². The van der Waals surface area contributed by atoms with Crippen LogP contribution in [0.15, 0.2) is 18.5 Å². The summed E-state index contributed by atoms with van der Waals surface area (Å²) in [6, 6.07) is 1.92. The van der Waals surface area contributed by atoms with Crippen molar-refractivity contribution in [1.82, 2.24) is 4.98 Å². The third kappa shape index (κ3) is 1.61. The Kier molecular flexibility index (Phi) is 2.39. The quantitative estimate of drug-likeness (QED) is 0.516. The molecule has 1 nitrogen and oxygen atoms in total. The molecule has 9 heavy (non-hydrogen) atoms. The second kappa shape index (κ2) is 3.10. The van der Waals surface area contributed by atoms with Gasteiger partial charge in [0, 0.05) is 0 Å². The molecule has 1 rings (SSSR count). The summed E-state index contributed by atoms with van der Waals surface area (Å²) >= 11 is 2.21. The standard InChI is InChI=1S/C6H4BIN/c7-3-5-4-9-2-1-6(5)8/h1-4H. The Bertz CT molecular complexity index is 224. The molecule has 0 aliphatic rings. The van der Waals surface area contributed by atoms with E-state index in [0.717, 1.165) is 9.13 Å². The maximum absolute atomic E-state index is 5.28. The van der Waals surface area contributed by atoms with E-state index in [9.17, 15) is 0 Å². The van der Waals surface area contributed by atoms with E-state index in [-0.39, 0.29) is 0 Å². The molecule has 0 aromatic carbocycles. The van der Waals surface area contributed by atoms with Crippen LogP contribution in [0.4, 0.5) is 0 Å². The van der Waals surface area contributed by atoms with Gasteiger partial charge >= 0.3 is 68.6 Å². The number of hydrogen-bond acceptors (Lipinski definition) is 1. The van der Waals surface area contributed by atoms with Gasteiger partial charge in [0.1, 0.15) is 0 Å². The molecule has 0 aliphatic carbocycles. The Balaban J connectivity index is 3.15. The van der Waals surface area contributed by atoms with Crippen LogP contribution in [-0.4, -0.2) is 18.4 Å². The summed E-state index contributed by atoms with van der Waals surface area (Å²) in [4.78, 5) is 3.90. The van der Waals surface area contributed by atoms with Gasteiger partial charge in [0.05, 0.1) is 0 Å². The Morgan fingerprint density at radius 1 is 1.67 bits per heavy atom. The van der Waals surface area contributed by atoms with Gasteiger partial charge in [-0.2, -0.15) is 0 Å². The van der Waals surface area contributed by atoms with E-state index in [2.05, 4.69) is 27.6 Å². The normalized spacial score (nSPS) is 8.89. The van der Waals surface area contributed by atoms with Crippen molar-refractivity contribution in [2.24, 2.45) is 0 Å². The molecule has 3 heteroatoms. The zero-order valence-corrected chi connectivity index (χ0v) is 6.87. The fourth-order valence-electron chi connectivity index (χ4n) is 0.512. The van der Waals surface area contributed by atoms with Crippen molar-refractivity contribution in [3.63, 3.8) is 0 Å². The van der Waals surface area contributed by atoms with Gasteiger partial charge in [-0.05, 0) is 0 Å². The summed E-state index contributed by atoms with van der Waals surface area (Å²) < 4.78 is 1.13. The van der Waals surface area contributed by atoms with Gasteiger partial charge in [-0.3, -0.25) is 0 Å². The number of hydrogen-bond donors (Lipinski definition) is 0. The molecule has 0 saturated carbocycles. The molecule has 1 heterocycles. The van der Waals surface area contributed by atoms with Crippen molar-refractivity contribution in [2.75, 3.05) is 0 Å². The van der Waals surface area contributed by atoms with Crippen molar-refractivity contribution in [2.45, 2.75) is 0 Å². The van der Waals surface area contributed by atoms with Crippen molar-refractivity contribution in [3.8, 4) is 0 Å². The van der Waals surface area contributed by atoms with Gasteiger partial charge in [0.25, 0.3) is 0 Å². The van der Waals surface area contributed by atoms with E-state index in [0.29, 0.717) is 0 Å².